The van der Waals surface area contributed by atoms with Gasteiger partial charge in [0.2, 0.25) is 0 Å². The molecule has 1 aromatic heterocycles. The molecule has 2 aromatic rings. The number of aromatic nitrogens is 1. The Bertz CT molecular complexity index is 933. The Morgan fingerprint density at radius 3 is 2.32 bits per heavy atom. The third-order valence-corrected chi connectivity index (χ3v) is 4.67. The summed E-state index contributed by atoms with van der Waals surface area (Å²) in [7, 11) is 0. The third kappa shape index (κ3) is 4.65. The molecule has 0 aliphatic heterocycles. The summed E-state index contributed by atoms with van der Waals surface area (Å²) in [6.07, 6.45) is 0.577. The highest BCUT2D eigenvalue weighted by atomic mass is 19.1. The predicted molar refractivity (Wildman–Crippen MR) is 104 cm³/mol. The van der Waals surface area contributed by atoms with Gasteiger partial charge in [-0.2, -0.15) is 0 Å². The van der Waals surface area contributed by atoms with Crippen LogP contribution < -0.4 is 10.9 Å². The lowest BCUT2D eigenvalue weighted by Crippen LogP contribution is -2.46. The maximum Gasteiger partial charge on any atom is 0.326 e. The standard InChI is InChI=1S/C21H25FN2O4/c1-5-17-13(4)10-16(19(25)23-18(12(2)3)21(27)28)20(26)24(17)11-14-6-8-15(22)9-7-14/h6-10,12,18H,5,11H2,1-4H3,(H,23,25)(H,27,28)/t18-/m0/s1. The Balaban J connectivity index is 2.48. The molecule has 28 heavy (non-hydrogen) atoms. The minimum atomic E-state index is -1.16. The SMILES string of the molecule is CCc1c(C)cc(C(=O)N[C@H](C(=O)O)C(C)C)c(=O)n1Cc1ccc(F)cc1. The van der Waals surface area contributed by atoms with Crippen LogP contribution in [0.2, 0.25) is 0 Å². The van der Waals surface area contributed by atoms with Crippen molar-refractivity contribution >= 4 is 11.9 Å². The number of aliphatic carboxylic acids is 1. The lowest BCUT2D eigenvalue weighted by atomic mass is 10.0. The van der Waals surface area contributed by atoms with Crippen LogP contribution in [-0.4, -0.2) is 27.6 Å². The molecule has 0 radical (unpaired) electrons. The van der Waals surface area contributed by atoms with Crippen molar-refractivity contribution in [3.05, 3.63) is 68.9 Å². The highest BCUT2D eigenvalue weighted by Crippen LogP contribution is 2.13. The first-order valence-electron chi connectivity index (χ1n) is 9.17. The van der Waals surface area contributed by atoms with Gasteiger partial charge in [0.1, 0.15) is 17.4 Å². The first kappa shape index (κ1) is 21.3. The second kappa shape index (κ2) is 8.82. The summed E-state index contributed by atoms with van der Waals surface area (Å²) in [6, 6.07) is 6.20. The van der Waals surface area contributed by atoms with Crippen molar-refractivity contribution in [3.8, 4) is 0 Å². The first-order chi connectivity index (χ1) is 13.1. The number of pyridine rings is 1. The highest BCUT2D eigenvalue weighted by molar-refractivity contribution is 5.96. The number of amides is 1. The molecule has 0 fully saturated rings. The van der Waals surface area contributed by atoms with E-state index in [-0.39, 0.29) is 23.8 Å². The zero-order chi connectivity index (χ0) is 21.0. The zero-order valence-electron chi connectivity index (χ0n) is 16.5. The first-order valence-corrected chi connectivity index (χ1v) is 9.17. The number of rotatable bonds is 7. The lowest BCUT2D eigenvalue weighted by Gasteiger charge is -2.20. The molecule has 1 heterocycles. The number of carboxylic acid groups (broad SMARTS) is 1. The summed E-state index contributed by atoms with van der Waals surface area (Å²) < 4.78 is 14.7. The van der Waals surface area contributed by atoms with Gasteiger partial charge in [-0.25, -0.2) is 9.18 Å². The molecule has 0 unspecified atom stereocenters. The molecule has 1 amide bonds. The van der Waals surface area contributed by atoms with E-state index in [1.165, 1.54) is 22.8 Å². The van der Waals surface area contributed by atoms with E-state index in [0.29, 0.717) is 6.42 Å². The minimum Gasteiger partial charge on any atom is -0.480 e. The third-order valence-electron chi connectivity index (χ3n) is 4.67. The summed E-state index contributed by atoms with van der Waals surface area (Å²) in [5, 5.41) is 11.7. The van der Waals surface area contributed by atoms with Gasteiger partial charge in [-0.15, -0.1) is 0 Å². The molecule has 6 nitrogen and oxygen atoms in total. The average Bonchev–Trinajstić information content (AvgIpc) is 2.63. The largest absolute Gasteiger partial charge is 0.480 e. The van der Waals surface area contributed by atoms with Crippen LogP contribution >= 0.6 is 0 Å². The lowest BCUT2D eigenvalue weighted by molar-refractivity contribution is -0.140. The van der Waals surface area contributed by atoms with Crippen LogP contribution in [0.1, 0.15) is 48.0 Å². The summed E-state index contributed by atoms with van der Waals surface area (Å²) in [5.74, 6) is -2.58. The van der Waals surface area contributed by atoms with Crippen molar-refractivity contribution in [3.63, 3.8) is 0 Å². The molecule has 150 valence electrons. The van der Waals surface area contributed by atoms with E-state index in [4.69, 9.17) is 0 Å². The molecule has 1 atom stereocenters. The number of halogens is 1. The second-order valence-corrected chi connectivity index (χ2v) is 7.09. The maximum absolute atomic E-state index is 13.2. The van der Waals surface area contributed by atoms with Gasteiger partial charge in [-0.3, -0.25) is 9.59 Å². The van der Waals surface area contributed by atoms with Crippen LogP contribution in [0.4, 0.5) is 4.39 Å². The van der Waals surface area contributed by atoms with Crippen molar-refractivity contribution in [1.82, 2.24) is 9.88 Å². The molecule has 0 spiro atoms. The number of carbonyl (C=O) groups excluding carboxylic acids is 1. The van der Waals surface area contributed by atoms with Crippen molar-refractivity contribution in [2.24, 2.45) is 5.92 Å². The summed E-state index contributed by atoms with van der Waals surface area (Å²) in [6.45, 7) is 7.25. The number of hydrogen-bond acceptors (Lipinski definition) is 3. The van der Waals surface area contributed by atoms with Crippen LogP contribution in [0.5, 0.6) is 0 Å². The van der Waals surface area contributed by atoms with Crippen LogP contribution in [0.15, 0.2) is 35.1 Å². The molecular weight excluding hydrogens is 363 g/mol. The van der Waals surface area contributed by atoms with Gasteiger partial charge in [0.15, 0.2) is 0 Å². The Morgan fingerprint density at radius 1 is 1.21 bits per heavy atom. The van der Waals surface area contributed by atoms with Gasteiger partial charge in [0, 0.05) is 5.69 Å². The van der Waals surface area contributed by atoms with Gasteiger partial charge in [0.05, 0.1) is 6.54 Å². The van der Waals surface area contributed by atoms with Gasteiger partial charge in [-0.05, 0) is 48.6 Å². The second-order valence-electron chi connectivity index (χ2n) is 7.09. The average molecular weight is 388 g/mol. The fourth-order valence-electron chi connectivity index (χ4n) is 3.15. The van der Waals surface area contributed by atoms with Gasteiger partial charge >= 0.3 is 5.97 Å². The summed E-state index contributed by atoms with van der Waals surface area (Å²) >= 11 is 0. The molecule has 0 aliphatic carbocycles. The topological polar surface area (TPSA) is 88.4 Å². The maximum atomic E-state index is 13.2. The Hall–Kier alpha value is -2.96. The van der Waals surface area contributed by atoms with Crippen molar-refractivity contribution in [2.45, 2.75) is 46.7 Å². The van der Waals surface area contributed by atoms with Crippen LogP contribution in [0.3, 0.4) is 0 Å². The predicted octanol–water partition coefficient (Wildman–Crippen LogP) is 2.75. The molecule has 2 N–H and O–H groups in total. The van der Waals surface area contributed by atoms with Gasteiger partial charge in [0.25, 0.3) is 11.5 Å². The summed E-state index contributed by atoms with van der Waals surface area (Å²) in [4.78, 5) is 37.0. The molecule has 0 bridgehead atoms. The van der Waals surface area contributed by atoms with Crippen LogP contribution in [-0.2, 0) is 17.8 Å². The van der Waals surface area contributed by atoms with Crippen molar-refractivity contribution in [2.75, 3.05) is 0 Å². The van der Waals surface area contributed by atoms with Gasteiger partial charge in [-0.1, -0.05) is 32.9 Å². The van der Waals surface area contributed by atoms with Crippen molar-refractivity contribution in [1.29, 1.82) is 0 Å². The van der Waals surface area contributed by atoms with E-state index in [9.17, 15) is 23.9 Å². The van der Waals surface area contributed by atoms with Crippen LogP contribution in [0, 0.1) is 18.7 Å². The molecule has 7 heteroatoms. The van der Waals surface area contributed by atoms with E-state index in [2.05, 4.69) is 5.32 Å². The number of carbonyl (C=O) groups is 2. The van der Waals surface area contributed by atoms with Crippen LogP contribution in [0.25, 0.3) is 0 Å². The van der Waals surface area contributed by atoms with Crippen molar-refractivity contribution < 1.29 is 19.1 Å². The monoisotopic (exact) mass is 388 g/mol. The fraction of sp³-hybridized carbons (Fsp3) is 0.381. The number of hydrogen-bond donors (Lipinski definition) is 2. The van der Waals surface area contributed by atoms with E-state index in [0.717, 1.165) is 16.8 Å². The zero-order valence-corrected chi connectivity index (χ0v) is 16.5. The molecule has 0 saturated heterocycles. The normalized spacial score (nSPS) is 12.1. The Morgan fingerprint density at radius 2 is 1.82 bits per heavy atom. The summed E-state index contributed by atoms with van der Waals surface area (Å²) in [5.41, 5.74) is 1.64. The molecule has 2 rings (SSSR count). The number of nitrogens with one attached hydrogen (secondary N) is 1. The number of nitrogens with zero attached hydrogens (tertiary/aromatic N) is 1. The fourth-order valence-corrected chi connectivity index (χ4v) is 3.15. The quantitative estimate of drug-likeness (QED) is 0.763. The smallest absolute Gasteiger partial charge is 0.326 e. The van der Waals surface area contributed by atoms with E-state index < -0.39 is 23.5 Å². The number of carboxylic acids is 1. The van der Waals surface area contributed by atoms with E-state index in [1.807, 2.05) is 6.92 Å². The Labute approximate surface area is 163 Å². The molecule has 0 saturated carbocycles. The molecule has 0 aliphatic rings. The highest BCUT2D eigenvalue weighted by Gasteiger charge is 2.26. The van der Waals surface area contributed by atoms with E-state index in [1.54, 1.807) is 32.9 Å². The molecule has 1 aromatic carbocycles. The Kier molecular flexibility index (Phi) is 6.72. The number of aryl methyl sites for hydroxylation is 1. The molecular formula is C21H25FN2O4. The van der Waals surface area contributed by atoms with Gasteiger partial charge < -0.3 is 15.0 Å². The minimum absolute atomic E-state index is 0.108. The number of benzene rings is 1. The van der Waals surface area contributed by atoms with E-state index >= 15 is 0 Å².